The molecule has 0 spiro atoms. The van der Waals surface area contributed by atoms with Gasteiger partial charge in [0.05, 0.1) is 13.2 Å². The molecule has 0 unspecified atom stereocenters. The van der Waals surface area contributed by atoms with Crippen molar-refractivity contribution >= 4 is 5.69 Å². The molecule has 2 rings (SSSR count). The van der Waals surface area contributed by atoms with E-state index in [0.29, 0.717) is 5.92 Å². The van der Waals surface area contributed by atoms with Crippen LogP contribution in [0.25, 0.3) is 0 Å². The Kier molecular flexibility index (Phi) is 3.44. The van der Waals surface area contributed by atoms with E-state index in [1.165, 1.54) is 11.4 Å². The standard InChI is InChI=1S/C13H20N2O/c1-10(2)13-9-12(8-11(3)14-13)15-4-6-16-7-5-15/h8-10H,4-7H2,1-3H3. The van der Waals surface area contributed by atoms with Crippen molar-refractivity contribution in [2.45, 2.75) is 26.7 Å². The molecule has 0 aromatic carbocycles. The molecule has 88 valence electrons. The second-order valence-corrected chi connectivity index (χ2v) is 4.65. The van der Waals surface area contributed by atoms with Crippen LogP contribution in [-0.2, 0) is 4.74 Å². The van der Waals surface area contributed by atoms with E-state index in [-0.39, 0.29) is 0 Å². The second-order valence-electron chi connectivity index (χ2n) is 4.65. The Labute approximate surface area is 97.4 Å². The number of pyridine rings is 1. The number of anilines is 1. The lowest BCUT2D eigenvalue weighted by Crippen LogP contribution is -2.36. The highest BCUT2D eigenvalue weighted by atomic mass is 16.5. The lowest BCUT2D eigenvalue weighted by atomic mass is 10.1. The van der Waals surface area contributed by atoms with Gasteiger partial charge >= 0.3 is 0 Å². The molecule has 0 bridgehead atoms. The normalized spacial score (nSPS) is 16.9. The molecule has 3 nitrogen and oxygen atoms in total. The molecule has 0 radical (unpaired) electrons. The van der Waals surface area contributed by atoms with E-state index in [2.05, 4.69) is 42.8 Å². The first-order chi connectivity index (χ1) is 7.66. The summed E-state index contributed by atoms with van der Waals surface area (Å²) in [5.41, 5.74) is 3.58. The van der Waals surface area contributed by atoms with Crippen LogP contribution in [-0.4, -0.2) is 31.3 Å². The number of hydrogen-bond donors (Lipinski definition) is 0. The second kappa shape index (κ2) is 4.83. The lowest BCUT2D eigenvalue weighted by molar-refractivity contribution is 0.122. The van der Waals surface area contributed by atoms with Gasteiger partial charge in [-0.2, -0.15) is 0 Å². The first kappa shape index (κ1) is 11.4. The molecule has 1 aromatic heterocycles. The van der Waals surface area contributed by atoms with Gasteiger partial charge in [0.1, 0.15) is 0 Å². The zero-order valence-electron chi connectivity index (χ0n) is 10.4. The van der Waals surface area contributed by atoms with Crippen LogP contribution in [0.3, 0.4) is 0 Å². The van der Waals surface area contributed by atoms with Crippen LogP contribution >= 0.6 is 0 Å². The summed E-state index contributed by atoms with van der Waals surface area (Å²) in [6, 6.07) is 4.38. The van der Waals surface area contributed by atoms with E-state index in [0.717, 1.165) is 32.0 Å². The summed E-state index contributed by atoms with van der Waals surface area (Å²) in [7, 11) is 0. The molecule has 1 aliphatic heterocycles. The number of rotatable bonds is 2. The average molecular weight is 220 g/mol. The Bertz CT molecular complexity index is 357. The first-order valence-electron chi connectivity index (χ1n) is 5.98. The van der Waals surface area contributed by atoms with Gasteiger partial charge in [-0.05, 0) is 25.0 Å². The monoisotopic (exact) mass is 220 g/mol. The molecule has 1 fully saturated rings. The van der Waals surface area contributed by atoms with Crippen LogP contribution in [0.2, 0.25) is 0 Å². The largest absolute Gasteiger partial charge is 0.378 e. The Morgan fingerprint density at radius 2 is 1.94 bits per heavy atom. The van der Waals surface area contributed by atoms with Crippen molar-refractivity contribution in [3.63, 3.8) is 0 Å². The number of aromatic nitrogens is 1. The van der Waals surface area contributed by atoms with E-state index in [1.54, 1.807) is 0 Å². The van der Waals surface area contributed by atoms with Gasteiger partial charge < -0.3 is 9.64 Å². The molecule has 0 aliphatic carbocycles. The van der Waals surface area contributed by atoms with Gasteiger partial charge in [-0.25, -0.2) is 0 Å². The lowest BCUT2D eigenvalue weighted by Gasteiger charge is -2.29. The summed E-state index contributed by atoms with van der Waals surface area (Å²) in [4.78, 5) is 6.95. The summed E-state index contributed by atoms with van der Waals surface area (Å²) in [5, 5.41) is 0. The van der Waals surface area contributed by atoms with Gasteiger partial charge in [0.15, 0.2) is 0 Å². The maximum Gasteiger partial charge on any atom is 0.0642 e. The number of hydrogen-bond acceptors (Lipinski definition) is 3. The summed E-state index contributed by atoms with van der Waals surface area (Å²) < 4.78 is 5.37. The summed E-state index contributed by atoms with van der Waals surface area (Å²) in [6.45, 7) is 10.1. The Morgan fingerprint density at radius 1 is 1.25 bits per heavy atom. The molecule has 0 saturated carbocycles. The molecular weight excluding hydrogens is 200 g/mol. The number of morpholine rings is 1. The topological polar surface area (TPSA) is 25.4 Å². The van der Waals surface area contributed by atoms with Crippen molar-refractivity contribution < 1.29 is 4.74 Å². The van der Waals surface area contributed by atoms with Crippen LogP contribution in [0.5, 0.6) is 0 Å². The summed E-state index contributed by atoms with van der Waals surface area (Å²) >= 11 is 0. The van der Waals surface area contributed by atoms with Gasteiger partial charge in [0.2, 0.25) is 0 Å². The molecule has 0 N–H and O–H groups in total. The van der Waals surface area contributed by atoms with Gasteiger partial charge in [-0.1, -0.05) is 13.8 Å². The zero-order valence-corrected chi connectivity index (χ0v) is 10.4. The predicted molar refractivity (Wildman–Crippen MR) is 66.1 cm³/mol. The molecule has 1 saturated heterocycles. The molecular formula is C13H20N2O. The average Bonchev–Trinajstić information content (AvgIpc) is 2.29. The van der Waals surface area contributed by atoms with Crippen LogP contribution in [0.15, 0.2) is 12.1 Å². The van der Waals surface area contributed by atoms with Crippen molar-refractivity contribution in [3.05, 3.63) is 23.5 Å². The van der Waals surface area contributed by atoms with Crippen molar-refractivity contribution in [1.29, 1.82) is 0 Å². The summed E-state index contributed by atoms with van der Waals surface area (Å²) in [5.74, 6) is 0.486. The number of nitrogens with zero attached hydrogens (tertiary/aromatic N) is 2. The Balaban J connectivity index is 2.25. The quantitative estimate of drug-likeness (QED) is 0.765. The van der Waals surface area contributed by atoms with Crippen molar-refractivity contribution in [1.82, 2.24) is 4.98 Å². The molecule has 0 amide bonds. The van der Waals surface area contributed by atoms with Gasteiger partial charge in [0, 0.05) is 30.2 Å². The zero-order chi connectivity index (χ0) is 11.5. The van der Waals surface area contributed by atoms with E-state index in [1.807, 2.05) is 0 Å². The molecule has 2 heterocycles. The molecule has 0 atom stereocenters. The smallest absolute Gasteiger partial charge is 0.0642 e. The fourth-order valence-corrected chi connectivity index (χ4v) is 1.98. The van der Waals surface area contributed by atoms with Crippen LogP contribution in [0.1, 0.15) is 31.2 Å². The van der Waals surface area contributed by atoms with E-state index < -0.39 is 0 Å². The SMILES string of the molecule is Cc1cc(N2CCOCC2)cc(C(C)C)n1. The van der Waals surface area contributed by atoms with E-state index >= 15 is 0 Å². The third-order valence-electron chi connectivity index (χ3n) is 2.93. The van der Waals surface area contributed by atoms with Gasteiger partial charge in [-0.15, -0.1) is 0 Å². The van der Waals surface area contributed by atoms with Gasteiger partial charge in [0.25, 0.3) is 0 Å². The fourth-order valence-electron chi connectivity index (χ4n) is 1.98. The van der Waals surface area contributed by atoms with Gasteiger partial charge in [-0.3, -0.25) is 4.98 Å². The van der Waals surface area contributed by atoms with Crippen LogP contribution in [0.4, 0.5) is 5.69 Å². The van der Waals surface area contributed by atoms with Crippen molar-refractivity contribution in [2.24, 2.45) is 0 Å². The minimum atomic E-state index is 0.486. The highest BCUT2D eigenvalue weighted by Gasteiger charge is 2.13. The Hall–Kier alpha value is -1.09. The third kappa shape index (κ3) is 2.53. The minimum Gasteiger partial charge on any atom is -0.378 e. The van der Waals surface area contributed by atoms with E-state index in [9.17, 15) is 0 Å². The third-order valence-corrected chi connectivity index (χ3v) is 2.93. The van der Waals surface area contributed by atoms with Crippen molar-refractivity contribution in [2.75, 3.05) is 31.2 Å². The number of ether oxygens (including phenoxy) is 1. The van der Waals surface area contributed by atoms with Crippen LogP contribution in [0, 0.1) is 6.92 Å². The maximum atomic E-state index is 5.37. The Morgan fingerprint density at radius 3 is 2.56 bits per heavy atom. The highest BCUT2D eigenvalue weighted by molar-refractivity contribution is 5.49. The van der Waals surface area contributed by atoms with E-state index in [4.69, 9.17) is 4.74 Å². The maximum absolute atomic E-state index is 5.37. The van der Waals surface area contributed by atoms with Crippen LogP contribution < -0.4 is 4.90 Å². The molecule has 16 heavy (non-hydrogen) atoms. The molecule has 1 aromatic rings. The summed E-state index contributed by atoms with van der Waals surface area (Å²) in [6.07, 6.45) is 0. The first-order valence-corrected chi connectivity index (χ1v) is 5.98. The molecule has 3 heteroatoms. The van der Waals surface area contributed by atoms with Crippen molar-refractivity contribution in [3.8, 4) is 0 Å². The predicted octanol–water partition coefficient (Wildman–Crippen LogP) is 2.35. The number of aryl methyl sites for hydroxylation is 1. The fraction of sp³-hybridized carbons (Fsp3) is 0.615. The highest BCUT2D eigenvalue weighted by Crippen LogP contribution is 2.22. The molecule has 1 aliphatic rings. The minimum absolute atomic E-state index is 0.486.